The van der Waals surface area contributed by atoms with Gasteiger partial charge in [0, 0.05) is 50.0 Å². The van der Waals surface area contributed by atoms with Crippen LogP contribution in [0.5, 0.6) is 0 Å². The Morgan fingerprint density at radius 1 is 1.16 bits per heavy atom. The summed E-state index contributed by atoms with van der Waals surface area (Å²) in [5, 5.41) is 7.49. The Morgan fingerprint density at radius 3 is 2.88 bits per heavy atom. The highest BCUT2D eigenvalue weighted by Gasteiger charge is 2.26. The molecular weight excluding hydrogens is 314 g/mol. The zero-order chi connectivity index (χ0) is 17.1. The highest BCUT2D eigenvalue weighted by Crippen LogP contribution is 2.33. The van der Waals surface area contributed by atoms with Gasteiger partial charge in [0.2, 0.25) is 0 Å². The zero-order valence-electron chi connectivity index (χ0n) is 14.2. The molecule has 1 fully saturated rings. The molecule has 1 N–H and O–H groups in total. The lowest BCUT2D eigenvalue weighted by Gasteiger charge is -2.24. The Bertz CT molecular complexity index is 830. The first-order chi connectivity index (χ1) is 12.3. The number of aryl methyl sites for hydroxylation is 1. The Hall–Kier alpha value is -2.80. The van der Waals surface area contributed by atoms with Crippen molar-refractivity contribution in [3.05, 3.63) is 60.4 Å². The molecule has 7 heteroatoms. The molecule has 4 rings (SSSR count). The monoisotopic (exact) mass is 335 g/mol. The Labute approximate surface area is 146 Å². The summed E-state index contributed by atoms with van der Waals surface area (Å²) < 4.78 is 1.86. The molecule has 0 aromatic carbocycles. The molecule has 0 bridgehead atoms. The molecule has 25 heavy (non-hydrogen) atoms. The van der Waals surface area contributed by atoms with Gasteiger partial charge in [-0.05, 0) is 37.1 Å². The van der Waals surface area contributed by atoms with E-state index in [4.69, 9.17) is 0 Å². The van der Waals surface area contributed by atoms with Gasteiger partial charge in [-0.1, -0.05) is 0 Å². The van der Waals surface area contributed by atoms with E-state index in [1.165, 1.54) is 17.5 Å². The van der Waals surface area contributed by atoms with Gasteiger partial charge in [0.1, 0.15) is 11.6 Å². The molecule has 1 aliphatic rings. The number of pyridine rings is 1. The van der Waals surface area contributed by atoms with Crippen LogP contribution in [-0.2, 0) is 13.6 Å². The summed E-state index contributed by atoms with van der Waals surface area (Å²) in [5.74, 6) is 1.50. The van der Waals surface area contributed by atoms with E-state index in [-0.39, 0.29) is 0 Å². The second-order valence-corrected chi connectivity index (χ2v) is 6.34. The molecule has 0 radical (unpaired) electrons. The van der Waals surface area contributed by atoms with Crippen molar-refractivity contribution in [1.29, 1.82) is 0 Å². The third-order valence-electron chi connectivity index (χ3n) is 4.50. The van der Waals surface area contributed by atoms with Gasteiger partial charge in [-0.15, -0.1) is 0 Å². The Morgan fingerprint density at radius 2 is 2.08 bits per heavy atom. The summed E-state index contributed by atoms with van der Waals surface area (Å²) >= 11 is 0. The van der Waals surface area contributed by atoms with E-state index in [2.05, 4.69) is 48.6 Å². The molecule has 1 atom stereocenters. The Balaban J connectivity index is 1.51. The van der Waals surface area contributed by atoms with Crippen LogP contribution >= 0.6 is 0 Å². The minimum absolute atomic E-state index is 0.408. The summed E-state index contributed by atoms with van der Waals surface area (Å²) in [6.45, 7) is 2.03. The predicted octanol–water partition coefficient (Wildman–Crippen LogP) is 2.69. The van der Waals surface area contributed by atoms with E-state index in [0.717, 1.165) is 25.3 Å². The number of hydrogen-bond acceptors (Lipinski definition) is 6. The molecule has 128 valence electrons. The lowest BCUT2D eigenvalue weighted by molar-refractivity contribution is 0.248. The van der Waals surface area contributed by atoms with Crippen LogP contribution in [-0.4, -0.2) is 36.2 Å². The van der Waals surface area contributed by atoms with Gasteiger partial charge in [0.25, 0.3) is 0 Å². The molecule has 0 spiro atoms. The standard InChI is InChI=1S/C18H21N7/c1-24-12-14(10-22-24)13-25-8-2-3-16(25)15-4-5-20-17(9-15)23-18-11-19-6-7-21-18/h4-7,9-12,16H,2-3,8,13H2,1H3,(H,20,21,23). The molecule has 4 heterocycles. The van der Waals surface area contributed by atoms with Crippen LogP contribution in [0.1, 0.15) is 30.0 Å². The molecule has 1 aliphatic heterocycles. The average Bonchev–Trinajstić information content (AvgIpc) is 3.25. The molecule has 0 aliphatic carbocycles. The van der Waals surface area contributed by atoms with Gasteiger partial charge in [0.15, 0.2) is 0 Å². The zero-order valence-corrected chi connectivity index (χ0v) is 14.2. The second-order valence-electron chi connectivity index (χ2n) is 6.34. The van der Waals surface area contributed by atoms with Crippen LogP contribution in [0.15, 0.2) is 49.3 Å². The maximum atomic E-state index is 4.41. The molecule has 0 saturated carbocycles. The number of nitrogens with one attached hydrogen (secondary N) is 1. The summed E-state index contributed by atoms with van der Waals surface area (Å²) in [6.07, 6.45) is 13.3. The first-order valence-corrected chi connectivity index (χ1v) is 8.48. The fourth-order valence-corrected chi connectivity index (χ4v) is 3.40. The van der Waals surface area contributed by atoms with E-state index >= 15 is 0 Å². The van der Waals surface area contributed by atoms with E-state index in [9.17, 15) is 0 Å². The minimum Gasteiger partial charge on any atom is -0.324 e. The normalized spacial score (nSPS) is 17.7. The van der Waals surface area contributed by atoms with Crippen molar-refractivity contribution in [2.45, 2.75) is 25.4 Å². The van der Waals surface area contributed by atoms with Crippen LogP contribution in [0, 0.1) is 0 Å². The summed E-state index contributed by atoms with van der Waals surface area (Å²) in [7, 11) is 1.96. The number of anilines is 2. The van der Waals surface area contributed by atoms with Gasteiger partial charge in [0.05, 0.1) is 12.4 Å². The van der Waals surface area contributed by atoms with Gasteiger partial charge in [-0.3, -0.25) is 14.6 Å². The number of likely N-dealkylation sites (tertiary alicyclic amines) is 1. The minimum atomic E-state index is 0.408. The van der Waals surface area contributed by atoms with Crippen LogP contribution in [0.2, 0.25) is 0 Å². The van der Waals surface area contributed by atoms with E-state index in [0.29, 0.717) is 11.9 Å². The van der Waals surface area contributed by atoms with Crippen molar-refractivity contribution in [3.8, 4) is 0 Å². The van der Waals surface area contributed by atoms with Crippen molar-refractivity contribution in [3.63, 3.8) is 0 Å². The highest BCUT2D eigenvalue weighted by atomic mass is 15.2. The largest absolute Gasteiger partial charge is 0.324 e. The molecular formula is C18H21N7. The number of hydrogen-bond donors (Lipinski definition) is 1. The molecule has 1 unspecified atom stereocenters. The van der Waals surface area contributed by atoms with Gasteiger partial charge in [-0.25, -0.2) is 9.97 Å². The Kier molecular flexibility index (Phi) is 4.39. The number of rotatable bonds is 5. The van der Waals surface area contributed by atoms with E-state index < -0.39 is 0 Å². The first kappa shape index (κ1) is 15.7. The predicted molar refractivity (Wildman–Crippen MR) is 95.1 cm³/mol. The fourth-order valence-electron chi connectivity index (χ4n) is 3.40. The topological polar surface area (TPSA) is 71.8 Å². The van der Waals surface area contributed by atoms with Crippen LogP contribution in [0.25, 0.3) is 0 Å². The van der Waals surface area contributed by atoms with Crippen LogP contribution < -0.4 is 5.32 Å². The van der Waals surface area contributed by atoms with Crippen LogP contribution in [0.4, 0.5) is 11.6 Å². The first-order valence-electron chi connectivity index (χ1n) is 8.48. The number of aromatic nitrogens is 5. The van der Waals surface area contributed by atoms with Crippen molar-refractivity contribution in [2.24, 2.45) is 7.05 Å². The maximum Gasteiger partial charge on any atom is 0.150 e. The molecule has 3 aromatic rings. The maximum absolute atomic E-state index is 4.41. The average molecular weight is 335 g/mol. The lowest BCUT2D eigenvalue weighted by Crippen LogP contribution is -2.22. The van der Waals surface area contributed by atoms with Crippen molar-refractivity contribution in [2.75, 3.05) is 11.9 Å². The third-order valence-corrected chi connectivity index (χ3v) is 4.50. The fraction of sp³-hybridized carbons (Fsp3) is 0.333. The quantitative estimate of drug-likeness (QED) is 0.773. The van der Waals surface area contributed by atoms with Crippen molar-refractivity contribution >= 4 is 11.6 Å². The summed E-state index contributed by atoms with van der Waals surface area (Å²) in [6, 6.07) is 4.63. The van der Waals surface area contributed by atoms with E-state index in [1.807, 2.05) is 24.1 Å². The smallest absolute Gasteiger partial charge is 0.150 e. The number of nitrogens with zero attached hydrogens (tertiary/aromatic N) is 6. The summed E-state index contributed by atoms with van der Waals surface area (Å²) in [4.78, 5) is 15.2. The molecule has 7 nitrogen and oxygen atoms in total. The molecule has 0 amide bonds. The van der Waals surface area contributed by atoms with Crippen molar-refractivity contribution < 1.29 is 0 Å². The second kappa shape index (κ2) is 6.98. The third kappa shape index (κ3) is 3.66. The van der Waals surface area contributed by atoms with Crippen LogP contribution in [0.3, 0.4) is 0 Å². The van der Waals surface area contributed by atoms with Gasteiger partial charge in [-0.2, -0.15) is 5.10 Å². The molecule has 3 aromatic heterocycles. The summed E-state index contributed by atoms with van der Waals surface area (Å²) in [5.41, 5.74) is 2.53. The SMILES string of the molecule is Cn1cc(CN2CCCC2c2ccnc(Nc3cnccn3)c2)cn1. The molecule has 1 saturated heterocycles. The van der Waals surface area contributed by atoms with Gasteiger partial charge < -0.3 is 5.32 Å². The van der Waals surface area contributed by atoms with E-state index in [1.54, 1.807) is 18.6 Å². The lowest BCUT2D eigenvalue weighted by atomic mass is 10.1. The van der Waals surface area contributed by atoms with Crippen molar-refractivity contribution in [1.82, 2.24) is 29.6 Å². The van der Waals surface area contributed by atoms with Gasteiger partial charge >= 0.3 is 0 Å². The highest BCUT2D eigenvalue weighted by molar-refractivity contribution is 5.51.